The molecule has 0 saturated heterocycles. The number of aromatic nitrogens is 2. The summed E-state index contributed by atoms with van der Waals surface area (Å²) in [4.78, 5) is 19.0. The van der Waals surface area contributed by atoms with Crippen molar-refractivity contribution in [3.8, 4) is 5.69 Å². The molecule has 26 heavy (non-hydrogen) atoms. The maximum Gasteiger partial charge on any atom is 0.267 e. The van der Waals surface area contributed by atoms with Crippen molar-refractivity contribution in [2.75, 3.05) is 0 Å². The third kappa shape index (κ3) is 3.08. The zero-order valence-corrected chi connectivity index (χ0v) is 16.9. The highest BCUT2D eigenvalue weighted by Gasteiger charge is 2.19. The fraction of sp³-hybridized carbons (Fsp3) is 0.429. The van der Waals surface area contributed by atoms with Crippen LogP contribution in [0.1, 0.15) is 61.5 Å². The van der Waals surface area contributed by atoms with Gasteiger partial charge in [-0.1, -0.05) is 38.8 Å². The number of hydrogen-bond acceptors (Lipinski definition) is 3. The van der Waals surface area contributed by atoms with Crippen LogP contribution in [-0.2, 0) is 12.8 Å². The lowest BCUT2D eigenvalue weighted by Gasteiger charge is -2.11. The molecular weight excluding hydrogens is 360 g/mol. The van der Waals surface area contributed by atoms with Crippen LogP contribution in [0.3, 0.4) is 0 Å². The fourth-order valence-corrected chi connectivity index (χ4v) is 5.47. The second kappa shape index (κ2) is 7.12. The van der Waals surface area contributed by atoms with E-state index < -0.39 is 0 Å². The van der Waals surface area contributed by atoms with Gasteiger partial charge in [0.05, 0.1) is 11.1 Å². The van der Waals surface area contributed by atoms with Gasteiger partial charge >= 0.3 is 0 Å². The van der Waals surface area contributed by atoms with Gasteiger partial charge in [-0.3, -0.25) is 9.36 Å². The molecule has 0 radical (unpaired) electrons. The lowest BCUT2D eigenvalue weighted by atomic mass is 9.98. The molecule has 2 aromatic heterocycles. The van der Waals surface area contributed by atoms with Gasteiger partial charge < -0.3 is 4.98 Å². The van der Waals surface area contributed by atoms with E-state index in [0.717, 1.165) is 35.2 Å². The van der Waals surface area contributed by atoms with Crippen LogP contribution in [0.4, 0.5) is 0 Å². The van der Waals surface area contributed by atoms with E-state index in [0.29, 0.717) is 10.7 Å². The molecule has 1 N–H and O–H groups in total. The molecule has 3 aromatic rings. The number of rotatable bonds is 2. The van der Waals surface area contributed by atoms with E-state index in [1.54, 1.807) is 15.9 Å². The molecule has 1 aliphatic rings. The van der Waals surface area contributed by atoms with Gasteiger partial charge in [-0.25, -0.2) is 0 Å². The van der Waals surface area contributed by atoms with Crippen molar-refractivity contribution in [3.05, 3.63) is 55.4 Å². The van der Waals surface area contributed by atoms with E-state index in [2.05, 4.69) is 31.0 Å². The first-order valence-electron chi connectivity index (χ1n) is 9.46. The summed E-state index contributed by atoms with van der Waals surface area (Å²) in [5, 5.41) is 0.855. The summed E-state index contributed by atoms with van der Waals surface area (Å²) in [6.45, 7) is 4.34. The van der Waals surface area contributed by atoms with Gasteiger partial charge in [0.25, 0.3) is 5.56 Å². The molecular formula is C21H24N2OS2. The standard InChI is InChI=1S/C21H24N2OS2/c1-13(2)14-9-11-15(12-10-14)23-20(24)18-16-7-5-3-4-6-8-17(16)26-19(18)22-21(23)25/h9-13H,3-8H2,1-2H3,(H,22,25). The molecule has 1 aliphatic carbocycles. The molecule has 0 bridgehead atoms. The molecule has 0 atom stereocenters. The fourth-order valence-electron chi connectivity index (χ4n) is 3.83. The van der Waals surface area contributed by atoms with Gasteiger partial charge in [-0.05, 0) is 67.1 Å². The zero-order chi connectivity index (χ0) is 18.3. The minimum atomic E-state index is 0.0270. The van der Waals surface area contributed by atoms with Crippen LogP contribution >= 0.6 is 23.6 Å². The Morgan fingerprint density at radius 1 is 1.08 bits per heavy atom. The van der Waals surface area contributed by atoms with E-state index in [-0.39, 0.29) is 5.56 Å². The second-order valence-electron chi connectivity index (χ2n) is 7.44. The number of nitrogens with one attached hydrogen (secondary N) is 1. The number of thiophene rings is 1. The molecule has 3 nitrogen and oxygen atoms in total. The van der Waals surface area contributed by atoms with E-state index >= 15 is 0 Å². The van der Waals surface area contributed by atoms with E-state index in [1.165, 1.54) is 35.3 Å². The first-order chi connectivity index (χ1) is 12.6. The lowest BCUT2D eigenvalue weighted by molar-refractivity contribution is 0.623. The average Bonchev–Trinajstić information content (AvgIpc) is 2.92. The number of benzene rings is 1. The summed E-state index contributed by atoms with van der Waals surface area (Å²) in [7, 11) is 0. The molecule has 4 rings (SSSR count). The topological polar surface area (TPSA) is 37.8 Å². The summed E-state index contributed by atoms with van der Waals surface area (Å²) in [6.07, 6.45) is 7.00. The molecule has 0 saturated carbocycles. The summed E-state index contributed by atoms with van der Waals surface area (Å²) in [5.74, 6) is 0.467. The molecule has 0 aliphatic heterocycles. The molecule has 0 unspecified atom stereocenters. The summed E-state index contributed by atoms with van der Waals surface area (Å²) in [5.41, 5.74) is 3.39. The molecule has 2 heterocycles. The van der Waals surface area contributed by atoms with Crippen LogP contribution in [0.25, 0.3) is 15.9 Å². The Hall–Kier alpha value is -1.72. The van der Waals surface area contributed by atoms with Crippen LogP contribution in [0.5, 0.6) is 0 Å². The highest BCUT2D eigenvalue weighted by Crippen LogP contribution is 2.32. The minimum Gasteiger partial charge on any atom is -0.323 e. The molecule has 0 amide bonds. The van der Waals surface area contributed by atoms with Gasteiger partial charge in [-0.2, -0.15) is 0 Å². The maximum absolute atomic E-state index is 13.4. The Labute approximate surface area is 162 Å². The van der Waals surface area contributed by atoms with Crippen molar-refractivity contribution in [1.82, 2.24) is 9.55 Å². The Kier molecular flexibility index (Phi) is 4.84. The number of aryl methyl sites for hydroxylation is 2. The van der Waals surface area contributed by atoms with Crippen molar-refractivity contribution >= 4 is 33.8 Å². The van der Waals surface area contributed by atoms with Crippen molar-refractivity contribution in [3.63, 3.8) is 0 Å². The normalized spacial score (nSPS) is 15.0. The van der Waals surface area contributed by atoms with Crippen LogP contribution in [0.2, 0.25) is 0 Å². The van der Waals surface area contributed by atoms with E-state index in [9.17, 15) is 4.79 Å². The largest absolute Gasteiger partial charge is 0.323 e. The third-order valence-electron chi connectivity index (χ3n) is 5.33. The number of H-pyrrole nitrogens is 1. The zero-order valence-electron chi connectivity index (χ0n) is 15.3. The van der Waals surface area contributed by atoms with E-state index in [4.69, 9.17) is 12.2 Å². The SMILES string of the molecule is CC(C)c1ccc(-n2c(=S)[nH]c3sc4c(c3c2=O)CCCCCC4)cc1. The highest BCUT2D eigenvalue weighted by atomic mass is 32.1. The Morgan fingerprint density at radius 2 is 1.77 bits per heavy atom. The quantitative estimate of drug-likeness (QED) is 0.559. The smallest absolute Gasteiger partial charge is 0.267 e. The molecule has 5 heteroatoms. The average molecular weight is 385 g/mol. The molecule has 136 valence electrons. The molecule has 0 fully saturated rings. The lowest BCUT2D eigenvalue weighted by Crippen LogP contribution is -2.21. The van der Waals surface area contributed by atoms with Gasteiger partial charge in [0.1, 0.15) is 4.83 Å². The summed E-state index contributed by atoms with van der Waals surface area (Å²) < 4.78 is 2.14. The van der Waals surface area contributed by atoms with Gasteiger partial charge in [0.15, 0.2) is 4.77 Å². The monoisotopic (exact) mass is 384 g/mol. The first-order valence-corrected chi connectivity index (χ1v) is 10.7. The van der Waals surface area contributed by atoms with Crippen molar-refractivity contribution in [2.45, 2.75) is 58.3 Å². The van der Waals surface area contributed by atoms with Crippen LogP contribution in [-0.4, -0.2) is 9.55 Å². The number of hydrogen-bond donors (Lipinski definition) is 1. The predicted octanol–water partition coefficient (Wildman–Crippen LogP) is 5.89. The van der Waals surface area contributed by atoms with E-state index in [1.807, 2.05) is 12.1 Å². The highest BCUT2D eigenvalue weighted by molar-refractivity contribution is 7.71. The van der Waals surface area contributed by atoms with Crippen LogP contribution in [0, 0.1) is 4.77 Å². The number of aromatic amines is 1. The Bertz CT molecular complexity index is 1050. The third-order valence-corrected chi connectivity index (χ3v) is 6.82. The van der Waals surface area contributed by atoms with Crippen LogP contribution in [0.15, 0.2) is 29.1 Å². The minimum absolute atomic E-state index is 0.0270. The maximum atomic E-state index is 13.4. The van der Waals surface area contributed by atoms with Gasteiger partial charge in [0.2, 0.25) is 0 Å². The van der Waals surface area contributed by atoms with Gasteiger partial charge in [-0.15, -0.1) is 11.3 Å². The van der Waals surface area contributed by atoms with Crippen molar-refractivity contribution < 1.29 is 0 Å². The molecule has 1 aromatic carbocycles. The summed E-state index contributed by atoms with van der Waals surface area (Å²) in [6, 6.07) is 8.18. The first kappa shape index (κ1) is 17.7. The number of fused-ring (bicyclic) bond motifs is 3. The number of nitrogens with zero attached hydrogens (tertiary/aromatic N) is 1. The predicted molar refractivity (Wildman–Crippen MR) is 113 cm³/mol. The van der Waals surface area contributed by atoms with Gasteiger partial charge in [0, 0.05) is 4.88 Å². The Morgan fingerprint density at radius 3 is 2.46 bits per heavy atom. The van der Waals surface area contributed by atoms with Crippen molar-refractivity contribution in [1.29, 1.82) is 0 Å². The van der Waals surface area contributed by atoms with Crippen LogP contribution < -0.4 is 5.56 Å². The summed E-state index contributed by atoms with van der Waals surface area (Å²) >= 11 is 7.27. The molecule has 0 spiro atoms. The second-order valence-corrected chi connectivity index (χ2v) is 8.93. The Balaban J connectivity index is 1.92. The van der Waals surface area contributed by atoms with Crippen molar-refractivity contribution in [2.24, 2.45) is 0 Å².